The Hall–Kier alpha value is -1.84. The van der Waals surface area contributed by atoms with Crippen molar-refractivity contribution in [3.63, 3.8) is 0 Å². The van der Waals surface area contributed by atoms with Crippen LogP contribution >= 0.6 is 11.3 Å². The predicted molar refractivity (Wildman–Crippen MR) is 119 cm³/mol. The number of carbonyl (C=O) groups is 1. The molecule has 0 bridgehead atoms. The van der Waals surface area contributed by atoms with Crippen molar-refractivity contribution < 1.29 is 9.90 Å². The number of aliphatic hydroxyl groups excluding tert-OH is 1. The highest BCUT2D eigenvalue weighted by Gasteiger charge is 2.54. The Morgan fingerprint density at radius 2 is 2.34 bits per heavy atom. The van der Waals surface area contributed by atoms with E-state index in [1.165, 1.54) is 4.88 Å². The van der Waals surface area contributed by atoms with E-state index < -0.39 is 6.10 Å². The van der Waals surface area contributed by atoms with E-state index in [0.717, 1.165) is 30.1 Å². The Morgan fingerprint density at radius 1 is 1.62 bits per heavy atom. The second-order valence-electron chi connectivity index (χ2n) is 9.02. The lowest BCUT2D eigenvalue weighted by Gasteiger charge is -2.53. The standard InChI is InChI=1S/C23H33N3O2S/c1-7-11-24-22-25-19-15(4)18-20(27)16(14(3)21(28)26(6)12-8-2)9-10-23(18,5)13-17(19)29-22/h2,7,14-16,18,20,27H,1,9-13H2,3-6H3,(H,24,25)/t14-,15+,16-,18+,20-,23+/m0/s1. The van der Waals surface area contributed by atoms with Gasteiger partial charge in [-0.1, -0.05) is 32.8 Å². The molecule has 5 nitrogen and oxygen atoms in total. The molecule has 3 rings (SSSR count). The van der Waals surface area contributed by atoms with Crippen molar-refractivity contribution in [3.05, 3.63) is 23.2 Å². The van der Waals surface area contributed by atoms with E-state index in [9.17, 15) is 9.90 Å². The summed E-state index contributed by atoms with van der Waals surface area (Å²) in [5.41, 5.74) is 1.13. The van der Waals surface area contributed by atoms with Crippen molar-refractivity contribution in [3.8, 4) is 12.3 Å². The van der Waals surface area contributed by atoms with E-state index in [4.69, 9.17) is 11.4 Å². The van der Waals surface area contributed by atoms with Crippen LogP contribution in [0.1, 0.15) is 50.1 Å². The molecule has 1 saturated carbocycles. The lowest BCUT2D eigenvalue weighted by Crippen LogP contribution is -2.53. The zero-order chi connectivity index (χ0) is 21.3. The molecule has 0 aliphatic heterocycles. The van der Waals surface area contributed by atoms with Crippen molar-refractivity contribution in [1.82, 2.24) is 9.88 Å². The van der Waals surface area contributed by atoms with Gasteiger partial charge in [0.05, 0.1) is 18.3 Å². The summed E-state index contributed by atoms with van der Waals surface area (Å²) in [6, 6.07) is 0. The molecule has 29 heavy (non-hydrogen) atoms. The van der Waals surface area contributed by atoms with Gasteiger partial charge in [-0.2, -0.15) is 0 Å². The first-order valence-corrected chi connectivity index (χ1v) is 11.3. The number of nitrogens with one attached hydrogen (secondary N) is 1. The van der Waals surface area contributed by atoms with E-state index in [-0.39, 0.29) is 35.0 Å². The van der Waals surface area contributed by atoms with Crippen LogP contribution in [-0.4, -0.2) is 47.1 Å². The number of hydrogen-bond donors (Lipinski definition) is 2. The van der Waals surface area contributed by atoms with Crippen molar-refractivity contribution in [1.29, 1.82) is 0 Å². The topological polar surface area (TPSA) is 65.5 Å². The predicted octanol–water partition coefficient (Wildman–Crippen LogP) is 3.52. The number of rotatable bonds is 6. The largest absolute Gasteiger partial charge is 0.392 e. The first kappa shape index (κ1) is 21.9. The summed E-state index contributed by atoms with van der Waals surface area (Å²) in [6.07, 6.45) is 9.47. The van der Waals surface area contributed by atoms with Crippen LogP contribution in [0.2, 0.25) is 0 Å². The van der Waals surface area contributed by atoms with Gasteiger partial charge in [0.15, 0.2) is 5.13 Å². The van der Waals surface area contributed by atoms with E-state index in [1.54, 1.807) is 23.3 Å². The van der Waals surface area contributed by atoms with Crippen LogP contribution in [-0.2, 0) is 11.2 Å². The van der Waals surface area contributed by atoms with Crippen LogP contribution in [0.25, 0.3) is 0 Å². The second-order valence-corrected chi connectivity index (χ2v) is 10.1. The maximum atomic E-state index is 12.8. The highest BCUT2D eigenvalue weighted by atomic mass is 32.1. The van der Waals surface area contributed by atoms with Gasteiger partial charge in [0, 0.05) is 30.3 Å². The third kappa shape index (κ3) is 3.95. The van der Waals surface area contributed by atoms with Gasteiger partial charge in [-0.05, 0) is 36.5 Å². The monoisotopic (exact) mass is 415 g/mol. The van der Waals surface area contributed by atoms with Gasteiger partial charge in [-0.15, -0.1) is 24.3 Å². The highest BCUT2D eigenvalue weighted by molar-refractivity contribution is 7.15. The van der Waals surface area contributed by atoms with E-state index >= 15 is 0 Å². The molecule has 1 aromatic rings. The number of amides is 1. The molecule has 0 saturated heterocycles. The molecular formula is C23H33N3O2S. The first-order chi connectivity index (χ1) is 13.7. The minimum atomic E-state index is -0.527. The number of thiazole rings is 1. The van der Waals surface area contributed by atoms with Gasteiger partial charge >= 0.3 is 0 Å². The number of hydrogen-bond acceptors (Lipinski definition) is 5. The normalized spacial score (nSPS) is 31.7. The number of aliphatic hydroxyl groups is 1. The molecule has 0 radical (unpaired) electrons. The molecule has 6 atom stereocenters. The summed E-state index contributed by atoms with van der Waals surface area (Å²) in [5.74, 6) is 2.49. The molecule has 158 valence electrons. The summed E-state index contributed by atoms with van der Waals surface area (Å²) >= 11 is 1.72. The number of carbonyl (C=O) groups excluding carboxylic acids is 1. The quantitative estimate of drug-likeness (QED) is 0.551. The highest BCUT2D eigenvalue weighted by Crippen LogP contribution is 2.57. The average Bonchev–Trinajstić information content (AvgIpc) is 3.08. The van der Waals surface area contributed by atoms with Crippen LogP contribution in [0.5, 0.6) is 0 Å². The fraction of sp³-hybridized carbons (Fsp3) is 0.652. The Bertz CT molecular complexity index is 814. The van der Waals surface area contributed by atoms with Crippen LogP contribution in [0.15, 0.2) is 12.7 Å². The van der Waals surface area contributed by atoms with Crippen molar-refractivity contribution in [2.75, 3.05) is 25.5 Å². The van der Waals surface area contributed by atoms with Gasteiger partial charge in [-0.3, -0.25) is 4.79 Å². The van der Waals surface area contributed by atoms with Crippen LogP contribution in [0.3, 0.4) is 0 Å². The lowest BCUT2D eigenvalue weighted by atomic mass is 9.53. The minimum absolute atomic E-state index is 0.0179. The van der Waals surface area contributed by atoms with Gasteiger partial charge in [0.2, 0.25) is 5.91 Å². The maximum absolute atomic E-state index is 12.8. The molecule has 2 aliphatic carbocycles. The molecule has 1 aromatic heterocycles. The Morgan fingerprint density at radius 3 is 3.00 bits per heavy atom. The molecule has 2 N–H and O–H groups in total. The molecule has 6 heteroatoms. The second kappa shape index (κ2) is 8.49. The van der Waals surface area contributed by atoms with Gasteiger partial charge in [0.25, 0.3) is 0 Å². The number of fused-ring (bicyclic) bond motifs is 2. The van der Waals surface area contributed by atoms with E-state index in [2.05, 4.69) is 31.7 Å². The summed E-state index contributed by atoms with van der Waals surface area (Å²) in [6.45, 7) is 11.2. The molecule has 1 fully saturated rings. The number of nitrogens with zero attached hydrogens (tertiary/aromatic N) is 2. The van der Waals surface area contributed by atoms with Gasteiger partial charge < -0.3 is 15.3 Å². The fourth-order valence-corrected chi connectivity index (χ4v) is 6.80. The number of anilines is 1. The van der Waals surface area contributed by atoms with Crippen molar-refractivity contribution >= 4 is 22.4 Å². The minimum Gasteiger partial charge on any atom is -0.392 e. The fourth-order valence-electron chi connectivity index (χ4n) is 5.53. The molecule has 1 amide bonds. The zero-order valence-electron chi connectivity index (χ0n) is 17.9. The first-order valence-electron chi connectivity index (χ1n) is 10.4. The van der Waals surface area contributed by atoms with E-state index in [0.29, 0.717) is 13.1 Å². The molecule has 0 unspecified atom stereocenters. The smallest absolute Gasteiger partial charge is 0.226 e. The number of aromatic nitrogens is 1. The Labute approximate surface area is 178 Å². The number of terminal acetylenes is 1. The summed E-state index contributed by atoms with van der Waals surface area (Å²) < 4.78 is 0. The molecule has 0 spiro atoms. The zero-order valence-corrected chi connectivity index (χ0v) is 18.8. The Kier molecular flexibility index (Phi) is 6.40. The van der Waals surface area contributed by atoms with E-state index in [1.807, 2.05) is 13.0 Å². The van der Waals surface area contributed by atoms with Crippen molar-refractivity contribution in [2.24, 2.45) is 23.2 Å². The molecule has 1 heterocycles. The summed E-state index contributed by atoms with van der Waals surface area (Å²) in [5, 5.41) is 15.7. The lowest BCUT2D eigenvalue weighted by molar-refractivity contribution is -0.142. The van der Waals surface area contributed by atoms with Gasteiger partial charge in [0.1, 0.15) is 0 Å². The summed E-state index contributed by atoms with van der Waals surface area (Å²) in [4.78, 5) is 20.5. The van der Waals surface area contributed by atoms with Crippen LogP contribution in [0.4, 0.5) is 5.13 Å². The van der Waals surface area contributed by atoms with Crippen LogP contribution < -0.4 is 5.32 Å². The Balaban J connectivity index is 1.84. The van der Waals surface area contributed by atoms with Crippen molar-refractivity contribution in [2.45, 2.75) is 52.1 Å². The molecular weight excluding hydrogens is 382 g/mol. The maximum Gasteiger partial charge on any atom is 0.226 e. The third-order valence-corrected chi connectivity index (χ3v) is 8.08. The van der Waals surface area contributed by atoms with Gasteiger partial charge in [-0.25, -0.2) is 4.98 Å². The summed E-state index contributed by atoms with van der Waals surface area (Å²) in [7, 11) is 1.74. The third-order valence-electron chi connectivity index (χ3n) is 7.06. The molecule has 0 aromatic carbocycles. The molecule has 2 aliphatic rings. The van der Waals surface area contributed by atoms with Crippen LogP contribution in [0, 0.1) is 35.5 Å². The SMILES string of the molecule is C#CCN(C)C(=O)[C@@H](C)[C@@H]1CC[C@]2(C)Cc3sc(NCC=C)nc3[C@H](C)[C@@H]2[C@H]1O. The average molecular weight is 416 g/mol.